The fourth-order valence-electron chi connectivity index (χ4n) is 2.27. The van der Waals surface area contributed by atoms with Crippen LogP contribution in [0.25, 0.3) is 0 Å². The summed E-state index contributed by atoms with van der Waals surface area (Å²) in [6, 6.07) is 3.51. The Hall–Kier alpha value is -2.26. The van der Waals surface area contributed by atoms with Crippen molar-refractivity contribution in [3.8, 4) is 17.7 Å². The molecule has 0 spiro atoms. The number of hydrogen-bond acceptors (Lipinski definition) is 5. The second kappa shape index (κ2) is 7.10. The van der Waals surface area contributed by atoms with Gasteiger partial charge in [-0.1, -0.05) is 11.8 Å². The van der Waals surface area contributed by atoms with Crippen molar-refractivity contribution in [2.24, 2.45) is 0 Å². The maximum Gasteiger partial charge on any atom is 0.410 e. The van der Waals surface area contributed by atoms with Gasteiger partial charge in [0.05, 0.1) is 7.11 Å². The molecule has 130 valence electrons. The number of aliphatic hydroxyl groups is 1. The lowest BCUT2D eigenvalue weighted by atomic mass is 9.92. The molecular weight excluding hydrogens is 308 g/mol. The number of rotatable bonds is 1. The van der Waals surface area contributed by atoms with Crippen molar-refractivity contribution in [2.45, 2.75) is 44.8 Å². The lowest BCUT2D eigenvalue weighted by Gasteiger charge is -2.35. The second-order valence-electron chi connectivity index (χ2n) is 6.84. The normalized spacial score (nSPS) is 16.8. The van der Waals surface area contributed by atoms with E-state index in [1.54, 1.807) is 30.3 Å². The van der Waals surface area contributed by atoms with Crippen LogP contribution < -0.4 is 4.74 Å². The fraction of sp³-hybridized carbons (Fsp3) is 0.556. The van der Waals surface area contributed by atoms with Crippen LogP contribution in [0.5, 0.6) is 5.88 Å². The number of piperidine rings is 1. The highest BCUT2D eigenvalue weighted by Gasteiger charge is 2.34. The summed E-state index contributed by atoms with van der Waals surface area (Å²) >= 11 is 0. The number of carbonyl (C=O) groups is 1. The summed E-state index contributed by atoms with van der Waals surface area (Å²) in [5.41, 5.74) is -0.913. The SMILES string of the molecule is COc1ccc(C#CC2(O)CCN(C(=O)OC(C)(C)C)CC2)cn1. The van der Waals surface area contributed by atoms with E-state index in [1.807, 2.05) is 20.8 Å². The Balaban J connectivity index is 1.95. The number of likely N-dealkylation sites (tertiary alicyclic amines) is 1. The van der Waals surface area contributed by atoms with Crippen LogP contribution in [-0.2, 0) is 4.74 Å². The van der Waals surface area contributed by atoms with E-state index in [0.29, 0.717) is 37.4 Å². The molecule has 1 fully saturated rings. The van der Waals surface area contributed by atoms with Gasteiger partial charge in [0.1, 0.15) is 11.2 Å². The molecule has 1 aromatic rings. The number of aromatic nitrogens is 1. The number of ether oxygens (including phenoxy) is 2. The Morgan fingerprint density at radius 1 is 1.33 bits per heavy atom. The molecular formula is C18H24N2O4. The molecule has 1 aliphatic heterocycles. The smallest absolute Gasteiger partial charge is 0.410 e. The molecule has 0 saturated carbocycles. The van der Waals surface area contributed by atoms with Gasteiger partial charge in [-0.25, -0.2) is 9.78 Å². The van der Waals surface area contributed by atoms with Crippen LogP contribution in [-0.4, -0.2) is 52.5 Å². The minimum atomic E-state index is -1.10. The van der Waals surface area contributed by atoms with Crippen molar-refractivity contribution in [2.75, 3.05) is 20.2 Å². The Morgan fingerprint density at radius 2 is 2.00 bits per heavy atom. The van der Waals surface area contributed by atoms with Gasteiger partial charge in [0.25, 0.3) is 0 Å². The van der Waals surface area contributed by atoms with Gasteiger partial charge in [-0.3, -0.25) is 0 Å². The van der Waals surface area contributed by atoms with E-state index in [1.165, 1.54) is 0 Å². The Kier molecular flexibility index (Phi) is 5.35. The number of nitrogens with zero attached hydrogens (tertiary/aromatic N) is 2. The predicted molar refractivity (Wildman–Crippen MR) is 89.7 cm³/mol. The van der Waals surface area contributed by atoms with Gasteiger partial charge in [0, 0.05) is 43.8 Å². The van der Waals surface area contributed by atoms with Gasteiger partial charge in [-0.2, -0.15) is 0 Å². The molecule has 24 heavy (non-hydrogen) atoms. The highest BCUT2D eigenvalue weighted by Crippen LogP contribution is 2.23. The number of carbonyl (C=O) groups excluding carboxylic acids is 1. The number of methoxy groups -OCH3 is 1. The van der Waals surface area contributed by atoms with Gasteiger partial charge in [-0.15, -0.1) is 0 Å². The summed E-state index contributed by atoms with van der Waals surface area (Å²) < 4.78 is 10.3. The molecule has 6 heteroatoms. The van der Waals surface area contributed by atoms with Crippen LogP contribution in [0, 0.1) is 11.8 Å². The molecule has 1 N–H and O–H groups in total. The predicted octanol–water partition coefficient (Wildman–Crippen LogP) is 2.20. The van der Waals surface area contributed by atoms with Gasteiger partial charge < -0.3 is 19.5 Å². The zero-order chi connectivity index (χ0) is 17.8. The van der Waals surface area contributed by atoms with Crippen LogP contribution >= 0.6 is 0 Å². The van der Waals surface area contributed by atoms with Gasteiger partial charge in [-0.05, 0) is 26.8 Å². The first kappa shape index (κ1) is 18.1. The van der Waals surface area contributed by atoms with Crippen LogP contribution in [0.15, 0.2) is 18.3 Å². The molecule has 2 heterocycles. The first-order valence-electron chi connectivity index (χ1n) is 7.94. The van der Waals surface area contributed by atoms with Gasteiger partial charge >= 0.3 is 6.09 Å². The maximum atomic E-state index is 12.0. The van der Waals surface area contributed by atoms with Crippen molar-refractivity contribution in [3.63, 3.8) is 0 Å². The topological polar surface area (TPSA) is 71.9 Å². The first-order chi connectivity index (χ1) is 11.2. The van der Waals surface area contributed by atoms with Gasteiger partial charge in [0.15, 0.2) is 0 Å². The highest BCUT2D eigenvalue weighted by atomic mass is 16.6. The summed E-state index contributed by atoms with van der Waals surface area (Å²) in [7, 11) is 1.55. The summed E-state index contributed by atoms with van der Waals surface area (Å²) in [5.74, 6) is 6.36. The average Bonchev–Trinajstić information content (AvgIpc) is 2.52. The van der Waals surface area contributed by atoms with E-state index in [0.717, 1.165) is 0 Å². The lowest BCUT2D eigenvalue weighted by molar-refractivity contribution is -0.00513. The molecule has 6 nitrogen and oxygen atoms in total. The van der Waals surface area contributed by atoms with E-state index >= 15 is 0 Å². The quantitative estimate of drug-likeness (QED) is 0.798. The van der Waals surface area contributed by atoms with Crippen molar-refractivity contribution in [3.05, 3.63) is 23.9 Å². The lowest BCUT2D eigenvalue weighted by Crippen LogP contribution is -2.47. The van der Waals surface area contributed by atoms with E-state index in [9.17, 15) is 9.90 Å². The van der Waals surface area contributed by atoms with Crippen LogP contribution in [0.2, 0.25) is 0 Å². The van der Waals surface area contributed by atoms with E-state index in [4.69, 9.17) is 9.47 Å². The third kappa shape index (κ3) is 5.14. The molecule has 1 aliphatic rings. The van der Waals surface area contributed by atoms with E-state index in [-0.39, 0.29) is 6.09 Å². The molecule has 0 bridgehead atoms. The number of pyridine rings is 1. The molecule has 0 unspecified atom stereocenters. The molecule has 0 aromatic carbocycles. The average molecular weight is 332 g/mol. The summed E-state index contributed by atoms with van der Waals surface area (Å²) in [6.45, 7) is 6.33. The molecule has 2 rings (SSSR count). The van der Waals surface area contributed by atoms with Crippen LogP contribution in [0.1, 0.15) is 39.2 Å². The van der Waals surface area contributed by atoms with E-state index in [2.05, 4.69) is 16.8 Å². The second-order valence-corrected chi connectivity index (χ2v) is 6.84. The first-order valence-corrected chi connectivity index (χ1v) is 7.94. The van der Waals surface area contributed by atoms with Crippen molar-refractivity contribution < 1.29 is 19.4 Å². The summed E-state index contributed by atoms with van der Waals surface area (Å²) in [4.78, 5) is 17.7. The Morgan fingerprint density at radius 3 is 2.50 bits per heavy atom. The number of hydrogen-bond donors (Lipinski definition) is 1. The number of amides is 1. The summed E-state index contributed by atoms with van der Waals surface area (Å²) in [6.07, 6.45) is 2.04. The Labute approximate surface area is 142 Å². The van der Waals surface area contributed by atoms with Crippen molar-refractivity contribution in [1.29, 1.82) is 0 Å². The molecule has 0 aliphatic carbocycles. The van der Waals surface area contributed by atoms with Crippen molar-refractivity contribution >= 4 is 6.09 Å². The minimum absolute atomic E-state index is 0.350. The molecule has 0 atom stereocenters. The molecule has 0 radical (unpaired) electrons. The highest BCUT2D eigenvalue weighted by molar-refractivity contribution is 5.68. The van der Waals surface area contributed by atoms with Crippen LogP contribution in [0.4, 0.5) is 4.79 Å². The summed E-state index contributed by atoms with van der Waals surface area (Å²) in [5, 5.41) is 10.6. The monoisotopic (exact) mass is 332 g/mol. The zero-order valence-corrected chi connectivity index (χ0v) is 14.6. The van der Waals surface area contributed by atoms with E-state index < -0.39 is 11.2 Å². The standard InChI is InChI=1S/C18H24N2O4/c1-17(2,3)24-16(21)20-11-9-18(22,10-12-20)8-7-14-5-6-15(23-4)19-13-14/h5-6,13,22H,9-12H2,1-4H3. The molecule has 1 amide bonds. The van der Waals surface area contributed by atoms with Crippen LogP contribution in [0.3, 0.4) is 0 Å². The van der Waals surface area contributed by atoms with Gasteiger partial charge in [0.2, 0.25) is 5.88 Å². The molecule has 1 aromatic heterocycles. The maximum absolute atomic E-state index is 12.0. The Bertz CT molecular complexity index is 630. The minimum Gasteiger partial charge on any atom is -0.481 e. The molecule has 1 saturated heterocycles. The largest absolute Gasteiger partial charge is 0.481 e. The van der Waals surface area contributed by atoms with Crippen molar-refractivity contribution in [1.82, 2.24) is 9.88 Å². The zero-order valence-electron chi connectivity index (χ0n) is 14.6. The third-order valence-corrected chi connectivity index (χ3v) is 3.63. The third-order valence-electron chi connectivity index (χ3n) is 3.63. The fourth-order valence-corrected chi connectivity index (χ4v) is 2.27.